The highest BCUT2D eigenvalue weighted by atomic mass is 35.5. The molecule has 2 atom stereocenters. The highest BCUT2D eigenvalue weighted by molar-refractivity contribution is 6.31. The summed E-state index contributed by atoms with van der Waals surface area (Å²) in [6.45, 7) is 1.86. The molecule has 2 unspecified atom stereocenters. The number of rotatable bonds is 2. The molecule has 1 aliphatic heterocycles. The molecule has 3 amide bonds. The predicted molar refractivity (Wildman–Crippen MR) is 66.7 cm³/mol. The molecule has 0 aromatic heterocycles. The van der Waals surface area contributed by atoms with Gasteiger partial charge in [-0.05, 0) is 13.0 Å². The van der Waals surface area contributed by atoms with Crippen molar-refractivity contribution in [3.63, 3.8) is 0 Å². The predicted octanol–water partition coefficient (Wildman–Crippen LogP) is 1.57. The van der Waals surface area contributed by atoms with Crippen molar-refractivity contribution in [2.75, 3.05) is 6.61 Å². The Balaban J connectivity index is 1.96. The Morgan fingerprint density at radius 1 is 1.44 bits per heavy atom. The largest absolute Gasteiger partial charge is 0.491 e. The van der Waals surface area contributed by atoms with Crippen LogP contribution in [0.3, 0.4) is 0 Å². The Hall–Kier alpha value is -1.75. The number of fused-ring (bicyclic) bond motifs is 1. The van der Waals surface area contributed by atoms with E-state index in [1.54, 1.807) is 0 Å². The Morgan fingerprint density at radius 3 is 2.89 bits per heavy atom. The Bertz CT molecular complexity index is 476. The molecule has 0 saturated carbocycles. The van der Waals surface area contributed by atoms with Crippen LogP contribution in [0.25, 0.3) is 0 Å². The first-order valence-corrected chi connectivity index (χ1v) is 5.98. The minimum Gasteiger partial charge on any atom is -0.491 e. The number of carbonyl (C=O) groups is 2. The van der Waals surface area contributed by atoms with E-state index in [1.807, 2.05) is 24.3 Å². The smallest absolute Gasteiger partial charge is 0.322 e. The fourth-order valence-corrected chi connectivity index (χ4v) is 1.74. The number of hydrogen-bond acceptors (Lipinski definition) is 3. The molecule has 0 bridgehead atoms. The van der Waals surface area contributed by atoms with E-state index in [-0.39, 0.29) is 6.04 Å². The number of hydrogen-bond donors (Lipinski definition) is 2. The van der Waals surface area contributed by atoms with Gasteiger partial charge in [-0.2, -0.15) is 0 Å². The van der Waals surface area contributed by atoms with Crippen LogP contribution in [0.5, 0.6) is 5.75 Å². The maximum absolute atomic E-state index is 11.6. The Morgan fingerprint density at radius 2 is 2.17 bits per heavy atom. The molecule has 0 aliphatic carbocycles. The van der Waals surface area contributed by atoms with Crippen LogP contribution in [0.15, 0.2) is 24.3 Å². The number of carbonyl (C=O) groups excluding carboxylic acids is 2. The normalized spacial score (nSPS) is 18.4. The molecule has 18 heavy (non-hydrogen) atoms. The lowest BCUT2D eigenvalue weighted by molar-refractivity contribution is -0.119. The molecule has 96 valence electrons. The first kappa shape index (κ1) is 12.7. The summed E-state index contributed by atoms with van der Waals surface area (Å²) in [5, 5.41) is 4.08. The molecule has 1 heterocycles. The third kappa shape index (κ3) is 2.73. The Kier molecular flexibility index (Phi) is 3.72. The second-order valence-corrected chi connectivity index (χ2v) is 4.63. The second-order valence-electron chi connectivity index (χ2n) is 3.98. The number of alkyl halides is 1. The summed E-state index contributed by atoms with van der Waals surface area (Å²) in [5.41, 5.74) is 0.902. The number of imide groups is 1. The molecule has 1 aromatic rings. The standard InChI is InChI=1S/C12H13ClN2O3/c1-7(13)11(16)15-12(17)14-9-6-18-10-5-3-2-4-8(9)10/h2-5,7,9H,6H2,1H3,(H2,14,15,16,17). The molecule has 6 heteroatoms. The zero-order valence-corrected chi connectivity index (χ0v) is 10.5. The van der Waals surface area contributed by atoms with Crippen molar-refractivity contribution in [3.8, 4) is 5.75 Å². The summed E-state index contributed by atoms with van der Waals surface area (Å²) >= 11 is 5.55. The van der Waals surface area contributed by atoms with Crippen molar-refractivity contribution >= 4 is 23.5 Å². The number of halogens is 1. The van der Waals surface area contributed by atoms with Crippen LogP contribution in [0.4, 0.5) is 4.79 Å². The quantitative estimate of drug-likeness (QED) is 0.800. The molecular formula is C12H13ClN2O3. The van der Waals surface area contributed by atoms with Crippen molar-refractivity contribution in [3.05, 3.63) is 29.8 Å². The van der Waals surface area contributed by atoms with Crippen molar-refractivity contribution in [2.24, 2.45) is 0 Å². The molecule has 5 nitrogen and oxygen atoms in total. The SMILES string of the molecule is CC(Cl)C(=O)NC(=O)NC1COc2ccccc21. The van der Waals surface area contributed by atoms with E-state index in [4.69, 9.17) is 16.3 Å². The third-order valence-electron chi connectivity index (χ3n) is 2.60. The van der Waals surface area contributed by atoms with Gasteiger partial charge in [0.05, 0.1) is 6.04 Å². The Labute approximate surface area is 109 Å². The van der Waals surface area contributed by atoms with Crippen LogP contribution in [0, 0.1) is 0 Å². The summed E-state index contributed by atoms with van der Waals surface area (Å²) in [5.74, 6) is 0.223. The van der Waals surface area contributed by atoms with Gasteiger partial charge in [0.25, 0.3) is 0 Å². The maximum Gasteiger partial charge on any atom is 0.322 e. The lowest BCUT2D eigenvalue weighted by atomic mass is 10.1. The van der Waals surface area contributed by atoms with Crippen molar-refractivity contribution in [2.45, 2.75) is 18.3 Å². The summed E-state index contributed by atoms with van der Waals surface area (Å²) in [6, 6.07) is 6.61. The van der Waals surface area contributed by atoms with E-state index < -0.39 is 17.3 Å². The average Bonchev–Trinajstić information content (AvgIpc) is 2.72. The summed E-state index contributed by atoms with van der Waals surface area (Å²) < 4.78 is 5.41. The van der Waals surface area contributed by atoms with E-state index in [0.717, 1.165) is 11.3 Å². The molecule has 2 N–H and O–H groups in total. The highest BCUT2D eigenvalue weighted by Crippen LogP contribution is 2.31. The summed E-state index contributed by atoms with van der Waals surface area (Å²) in [7, 11) is 0. The third-order valence-corrected chi connectivity index (χ3v) is 2.80. The number of urea groups is 1. The van der Waals surface area contributed by atoms with Gasteiger partial charge in [0, 0.05) is 5.56 Å². The number of amides is 3. The molecule has 2 rings (SSSR count). The van der Waals surface area contributed by atoms with Gasteiger partial charge in [-0.3, -0.25) is 10.1 Å². The lowest BCUT2D eigenvalue weighted by Crippen LogP contribution is -2.43. The lowest BCUT2D eigenvalue weighted by Gasteiger charge is -2.12. The van der Waals surface area contributed by atoms with E-state index in [1.165, 1.54) is 6.92 Å². The highest BCUT2D eigenvalue weighted by Gasteiger charge is 2.25. The molecule has 1 aliphatic rings. The molecule has 0 fully saturated rings. The fraction of sp³-hybridized carbons (Fsp3) is 0.333. The van der Waals surface area contributed by atoms with Crippen LogP contribution >= 0.6 is 11.6 Å². The van der Waals surface area contributed by atoms with Crippen LogP contribution in [-0.2, 0) is 4.79 Å². The van der Waals surface area contributed by atoms with Gasteiger partial charge in [-0.15, -0.1) is 11.6 Å². The number of para-hydroxylation sites is 1. The van der Waals surface area contributed by atoms with Gasteiger partial charge >= 0.3 is 6.03 Å². The van der Waals surface area contributed by atoms with E-state index in [0.29, 0.717) is 6.61 Å². The number of nitrogens with one attached hydrogen (secondary N) is 2. The first-order chi connectivity index (χ1) is 8.58. The first-order valence-electron chi connectivity index (χ1n) is 5.55. The monoisotopic (exact) mass is 268 g/mol. The van der Waals surface area contributed by atoms with Gasteiger partial charge < -0.3 is 10.1 Å². The summed E-state index contributed by atoms with van der Waals surface area (Å²) in [6.07, 6.45) is 0. The molecule has 0 saturated heterocycles. The van der Waals surface area contributed by atoms with Gasteiger partial charge in [0.2, 0.25) is 5.91 Å². The molecule has 0 radical (unpaired) electrons. The van der Waals surface area contributed by atoms with E-state index >= 15 is 0 Å². The second kappa shape index (κ2) is 5.27. The van der Waals surface area contributed by atoms with Crippen LogP contribution in [0.1, 0.15) is 18.5 Å². The van der Waals surface area contributed by atoms with Crippen molar-refractivity contribution in [1.29, 1.82) is 0 Å². The van der Waals surface area contributed by atoms with Crippen molar-refractivity contribution < 1.29 is 14.3 Å². The zero-order valence-electron chi connectivity index (χ0n) is 9.77. The fourth-order valence-electron chi connectivity index (χ4n) is 1.69. The van der Waals surface area contributed by atoms with Gasteiger partial charge in [0.15, 0.2) is 0 Å². The van der Waals surface area contributed by atoms with Crippen LogP contribution in [-0.4, -0.2) is 23.9 Å². The maximum atomic E-state index is 11.6. The zero-order chi connectivity index (χ0) is 13.1. The van der Waals surface area contributed by atoms with Gasteiger partial charge in [0.1, 0.15) is 17.7 Å². The van der Waals surface area contributed by atoms with Crippen LogP contribution in [0.2, 0.25) is 0 Å². The minimum absolute atomic E-state index is 0.250. The van der Waals surface area contributed by atoms with Gasteiger partial charge in [-0.1, -0.05) is 18.2 Å². The van der Waals surface area contributed by atoms with Crippen LogP contribution < -0.4 is 15.4 Å². The topological polar surface area (TPSA) is 67.4 Å². The molecule has 1 aromatic carbocycles. The van der Waals surface area contributed by atoms with E-state index in [2.05, 4.69) is 10.6 Å². The molecular weight excluding hydrogens is 256 g/mol. The van der Waals surface area contributed by atoms with E-state index in [9.17, 15) is 9.59 Å². The minimum atomic E-state index is -0.747. The average molecular weight is 269 g/mol. The van der Waals surface area contributed by atoms with Gasteiger partial charge in [-0.25, -0.2) is 4.79 Å². The van der Waals surface area contributed by atoms with Crippen molar-refractivity contribution in [1.82, 2.24) is 10.6 Å². The number of ether oxygens (including phenoxy) is 1. The molecule has 0 spiro atoms. The number of benzene rings is 1. The summed E-state index contributed by atoms with van der Waals surface area (Å²) in [4.78, 5) is 22.8.